The second-order valence-corrected chi connectivity index (χ2v) is 6.70. The first-order chi connectivity index (χ1) is 9.53. The molecule has 1 aromatic heterocycles. The summed E-state index contributed by atoms with van der Waals surface area (Å²) in [6.07, 6.45) is 2.24. The number of hydrogen-bond donors (Lipinski definition) is 2. The Hall–Kier alpha value is -1.64. The van der Waals surface area contributed by atoms with Crippen LogP contribution in [-0.2, 0) is 16.4 Å². The van der Waals surface area contributed by atoms with Gasteiger partial charge in [0.05, 0.1) is 12.1 Å². The largest absolute Gasteiger partial charge is 0.495 e. The quantitative estimate of drug-likeness (QED) is 0.783. The van der Waals surface area contributed by atoms with Gasteiger partial charge in [-0.05, 0) is 12.1 Å². The average molecular weight is 313 g/mol. The molecule has 0 amide bonds. The Morgan fingerprint density at radius 3 is 2.90 bits per heavy atom. The summed E-state index contributed by atoms with van der Waals surface area (Å²) >= 11 is 1.49. The fourth-order valence-corrected chi connectivity index (χ4v) is 3.45. The minimum absolute atomic E-state index is 0.0772. The first-order valence-electron chi connectivity index (χ1n) is 5.84. The van der Waals surface area contributed by atoms with Crippen LogP contribution in [0.4, 0.5) is 5.69 Å². The van der Waals surface area contributed by atoms with E-state index >= 15 is 0 Å². The molecule has 0 bridgehead atoms. The monoisotopic (exact) mass is 313 g/mol. The van der Waals surface area contributed by atoms with Crippen LogP contribution in [0.2, 0.25) is 0 Å². The minimum Gasteiger partial charge on any atom is -0.495 e. The van der Waals surface area contributed by atoms with E-state index in [0.29, 0.717) is 12.1 Å². The van der Waals surface area contributed by atoms with Gasteiger partial charge in [-0.2, -0.15) is 0 Å². The molecule has 0 aliphatic rings. The van der Waals surface area contributed by atoms with Crippen molar-refractivity contribution in [1.82, 2.24) is 9.71 Å². The van der Waals surface area contributed by atoms with Gasteiger partial charge in [-0.15, -0.1) is 11.3 Å². The second-order valence-electron chi connectivity index (χ2n) is 3.98. The van der Waals surface area contributed by atoms with Gasteiger partial charge in [-0.3, -0.25) is 0 Å². The van der Waals surface area contributed by atoms with E-state index in [2.05, 4.69) is 9.71 Å². The standard InChI is InChI=1S/C12H15N3O3S2/c1-18-10-8-9(13)2-3-11(10)20(16,17)15-5-4-12-14-6-7-19-12/h2-3,6-8,15H,4-5,13H2,1H3. The summed E-state index contributed by atoms with van der Waals surface area (Å²) in [6.45, 7) is 0.281. The van der Waals surface area contributed by atoms with Crippen LogP contribution in [0, 0.1) is 0 Å². The topological polar surface area (TPSA) is 94.3 Å². The van der Waals surface area contributed by atoms with Crippen molar-refractivity contribution in [2.75, 3.05) is 19.4 Å². The third kappa shape index (κ3) is 3.47. The van der Waals surface area contributed by atoms with E-state index in [4.69, 9.17) is 10.5 Å². The van der Waals surface area contributed by atoms with Crippen molar-refractivity contribution in [3.05, 3.63) is 34.8 Å². The van der Waals surface area contributed by atoms with Crippen molar-refractivity contribution in [3.63, 3.8) is 0 Å². The van der Waals surface area contributed by atoms with Crippen LogP contribution >= 0.6 is 11.3 Å². The number of ether oxygens (including phenoxy) is 1. The number of methoxy groups -OCH3 is 1. The molecule has 20 heavy (non-hydrogen) atoms. The van der Waals surface area contributed by atoms with Crippen molar-refractivity contribution in [3.8, 4) is 5.75 Å². The summed E-state index contributed by atoms with van der Waals surface area (Å²) in [5.74, 6) is 0.228. The number of anilines is 1. The number of nitrogen functional groups attached to an aromatic ring is 1. The predicted octanol–water partition coefficient (Wildman–Crippen LogP) is 1.25. The number of thiazole rings is 1. The molecule has 0 radical (unpaired) electrons. The highest BCUT2D eigenvalue weighted by Gasteiger charge is 2.19. The molecule has 6 nitrogen and oxygen atoms in total. The third-order valence-electron chi connectivity index (χ3n) is 2.59. The Morgan fingerprint density at radius 2 is 2.25 bits per heavy atom. The van der Waals surface area contributed by atoms with Gasteiger partial charge in [-0.1, -0.05) is 0 Å². The van der Waals surface area contributed by atoms with Gasteiger partial charge >= 0.3 is 0 Å². The molecule has 0 saturated heterocycles. The van der Waals surface area contributed by atoms with Crippen LogP contribution in [-0.4, -0.2) is 27.1 Å². The van der Waals surface area contributed by atoms with Crippen LogP contribution < -0.4 is 15.2 Å². The highest BCUT2D eigenvalue weighted by molar-refractivity contribution is 7.89. The van der Waals surface area contributed by atoms with Gasteiger partial charge < -0.3 is 10.5 Å². The Kier molecular flexibility index (Phi) is 4.58. The SMILES string of the molecule is COc1cc(N)ccc1S(=O)(=O)NCCc1nccs1. The Bertz CT molecular complexity index is 669. The first kappa shape index (κ1) is 14.8. The predicted molar refractivity (Wildman–Crippen MR) is 78.4 cm³/mol. The van der Waals surface area contributed by atoms with Crippen molar-refractivity contribution >= 4 is 27.0 Å². The van der Waals surface area contributed by atoms with Gasteiger partial charge in [0.2, 0.25) is 10.0 Å². The molecule has 2 rings (SSSR count). The molecule has 0 unspecified atom stereocenters. The number of benzene rings is 1. The summed E-state index contributed by atoms with van der Waals surface area (Å²) < 4.78 is 32.0. The lowest BCUT2D eigenvalue weighted by Gasteiger charge is -2.10. The number of hydrogen-bond acceptors (Lipinski definition) is 6. The Balaban J connectivity index is 2.10. The number of aromatic nitrogens is 1. The number of sulfonamides is 1. The van der Waals surface area contributed by atoms with E-state index in [9.17, 15) is 8.42 Å². The smallest absolute Gasteiger partial charge is 0.244 e. The molecule has 2 aromatic rings. The Labute approximate surface area is 121 Å². The molecule has 0 aliphatic heterocycles. The zero-order valence-corrected chi connectivity index (χ0v) is 12.5. The number of nitrogens with two attached hydrogens (primary N) is 1. The van der Waals surface area contributed by atoms with E-state index in [1.54, 1.807) is 6.20 Å². The normalized spacial score (nSPS) is 11.4. The summed E-state index contributed by atoms with van der Waals surface area (Å²) in [4.78, 5) is 4.17. The van der Waals surface area contributed by atoms with Gasteiger partial charge in [0.15, 0.2) is 0 Å². The van der Waals surface area contributed by atoms with Crippen LogP contribution in [0.1, 0.15) is 5.01 Å². The highest BCUT2D eigenvalue weighted by Crippen LogP contribution is 2.25. The summed E-state index contributed by atoms with van der Waals surface area (Å²) in [6, 6.07) is 4.44. The number of rotatable bonds is 6. The minimum atomic E-state index is -3.63. The van der Waals surface area contributed by atoms with Crippen LogP contribution in [0.25, 0.3) is 0 Å². The lowest BCUT2D eigenvalue weighted by Crippen LogP contribution is -2.26. The van der Waals surface area contributed by atoms with Crippen molar-refractivity contribution in [2.24, 2.45) is 0 Å². The molecule has 0 spiro atoms. The van der Waals surface area contributed by atoms with Crippen molar-refractivity contribution < 1.29 is 13.2 Å². The summed E-state index contributed by atoms with van der Waals surface area (Å²) in [5.41, 5.74) is 6.06. The molecular weight excluding hydrogens is 298 g/mol. The van der Waals surface area contributed by atoms with Crippen LogP contribution in [0.5, 0.6) is 5.75 Å². The van der Waals surface area contributed by atoms with Crippen molar-refractivity contribution in [1.29, 1.82) is 0 Å². The molecule has 0 fully saturated rings. The molecule has 8 heteroatoms. The van der Waals surface area contributed by atoms with Gasteiger partial charge in [0.25, 0.3) is 0 Å². The summed E-state index contributed by atoms with van der Waals surface area (Å²) in [7, 11) is -2.22. The zero-order valence-electron chi connectivity index (χ0n) is 10.9. The fourth-order valence-electron chi connectivity index (χ4n) is 1.65. The van der Waals surface area contributed by atoms with Crippen LogP contribution in [0.3, 0.4) is 0 Å². The van der Waals surface area contributed by atoms with E-state index in [-0.39, 0.29) is 17.2 Å². The van der Waals surface area contributed by atoms with E-state index < -0.39 is 10.0 Å². The van der Waals surface area contributed by atoms with Gasteiger partial charge in [0, 0.05) is 36.3 Å². The first-order valence-corrected chi connectivity index (χ1v) is 8.21. The lowest BCUT2D eigenvalue weighted by molar-refractivity contribution is 0.402. The molecule has 3 N–H and O–H groups in total. The van der Waals surface area contributed by atoms with E-state index in [1.165, 1.54) is 36.6 Å². The molecule has 108 valence electrons. The number of nitrogens with zero attached hydrogens (tertiary/aromatic N) is 1. The lowest BCUT2D eigenvalue weighted by atomic mass is 10.3. The molecule has 1 heterocycles. The fraction of sp³-hybridized carbons (Fsp3) is 0.250. The highest BCUT2D eigenvalue weighted by atomic mass is 32.2. The average Bonchev–Trinajstić information content (AvgIpc) is 2.91. The second kappa shape index (κ2) is 6.21. The Morgan fingerprint density at radius 1 is 1.45 bits per heavy atom. The van der Waals surface area contributed by atoms with Gasteiger partial charge in [-0.25, -0.2) is 18.1 Å². The van der Waals surface area contributed by atoms with E-state index in [1.807, 2.05) is 5.38 Å². The van der Waals surface area contributed by atoms with Crippen molar-refractivity contribution in [2.45, 2.75) is 11.3 Å². The molecule has 0 saturated carbocycles. The van der Waals surface area contributed by atoms with Gasteiger partial charge in [0.1, 0.15) is 10.6 Å². The molecule has 0 atom stereocenters. The zero-order chi connectivity index (χ0) is 14.6. The molecular formula is C12H15N3O3S2. The number of nitrogens with one attached hydrogen (secondary N) is 1. The maximum Gasteiger partial charge on any atom is 0.244 e. The third-order valence-corrected chi connectivity index (χ3v) is 4.93. The maximum absolute atomic E-state index is 12.2. The van der Waals surface area contributed by atoms with E-state index in [0.717, 1.165) is 5.01 Å². The molecule has 1 aromatic carbocycles. The maximum atomic E-state index is 12.2. The molecule has 0 aliphatic carbocycles. The summed E-state index contributed by atoms with van der Waals surface area (Å²) in [5, 5.41) is 2.74. The van der Waals surface area contributed by atoms with Crippen LogP contribution in [0.15, 0.2) is 34.7 Å².